The molecule has 1 rings (SSSR count). The van der Waals surface area contributed by atoms with Crippen LogP contribution in [0, 0.1) is 5.92 Å². The van der Waals surface area contributed by atoms with E-state index in [2.05, 4.69) is 24.1 Å². The molecule has 18 heavy (non-hydrogen) atoms. The molecule has 1 amide bonds. The molecule has 0 bridgehead atoms. The summed E-state index contributed by atoms with van der Waals surface area (Å²) in [4.78, 5) is 13.9. The number of nitrogens with two attached hydrogens (primary N) is 1. The van der Waals surface area contributed by atoms with Crippen LogP contribution in [0.3, 0.4) is 0 Å². The normalized spacial score (nSPS) is 27.4. The molecule has 0 aromatic rings. The number of carbonyl (C=O) groups excluding carboxylic acids is 1. The molecule has 1 heterocycles. The van der Waals surface area contributed by atoms with Crippen LogP contribution in [0.15, 0.2) is 0 Å². The van der Waals surface area contributed by atoms with Crippen molar-refractivity contribution in [2.24, 2.45) is 11.7 Å². The monoisotopic (exact) mass is 255 g/mol. The van der Waals surface area contributed by atoms with Crippen molar-refractivity contribution in [1.82, 2.24) is 10.2 Å². The van der Waals surface area contributed by atoms with Crippen LogP contribution in [0.4, 0.5) is 0 Å². The van der Waals surface area contributed by atoms with Crippen molar-refractivity contribution in [1.29, 1.82) is 0 Å². The Morgan fingerprint density at radius 2 is 2.11 bits per heavy atom. The maximum atomic E-state index is 11.4. The van der Waals surface area contributed by atoms with Gasteiger partial charge in [-0.05, 0) is 38.6 Å². The number of likely N-dealkylation sites (tertiary alicyclic amines) is 1. The number of primary amides is 1. The van der Waals surface area contributed by atoms with Gasteiger partial charge in [-0.3, -0.25) is 4.79 Å². The largest absolute Gasteiger partial charge is 0.368 e. The summed E-state index contributed by atoms with van der Waals surface area (Å²) < 4.78 is 0. The lowest BCUT2D eigenvalue weighted by molar-refractivity contribution is -0.120. The minimum atomic E-state index is -0.235. The first-order chi connectivity index (χ1) is 8.40. The quantitative estimate of drug-likeness (QED) is 0.753. The van der Waals surface area contributed by atoms with Gasteiger partial charge < -0.3 is 16.0 Å². The lowest BCUT2D eigenvalue weighted by Gasteiger charge is -2.37. The molecule has 106 valence electrons. The number of carbonyl (C=O) groups is 1. The summed E-state index contributed by atoms with van der Waals surface area (Å²) in [6.07, 6.45) is 3.34. The van der Waals surface area contributed by atoms with Gasteiger partial charge in [0.15, 0.2) is 0 Å². The second-order valence-corrected chi connectivity index (χ2v) is 6.08. The van der Waals surface area contributed by atoms with E-state index in [0.29, 0.717) is 12.1 Å². The van der Waals surface area contributed by atoms with E-state index in [9.17, 15) is 4.79 Å². The number of amides is 1. The molecule has 0 aromatic carbocycles. The van der Waals surface area contributed by atoms with Gasteiger partial charge in [-0.25, -0.2) is 0 Å². The Balaban J connectivity index is 2.39. The van der Waals surface area contributed by atoms with Gasteiger partial charge in [-0.2, -0.15) is 0 Å². The Labute approximate surface area is 111 Å². The Bertz CT molecular complexity index is 268. The first-order valence-corrected chi connectivity index (χ1v) is 7.19. The molecule has 4 nitrogen and oxygen atoms in total. The second kappa shape index (κ2) is 7.10. The van der Waals surface area contributed by atoms with E-state index in [1.807, 2.05) is 13.8 Å². The van der Waals surface area contributed by atoms with Crippen LogP contribution in [-0.2, 0) is 4.79 Å². The number of hydrogen-bond acceptors (Lipinski definition) is 3. The second-order valence-electron chi connectivity index (χ2n) is 6.08. The maximum absolute atomic E-state index is 11.4. The van der Waals surface area contributed by atoms with E-state index in [1.165, 1.54) is 12.8 Å². The molecule has 3 atom stereocenters. The van der Waals surface area contributed by atoms with Crippen molar-refractivity contribution >= 4 is 5.91 Å². The molecule has 0 aromatic heterocycles. The standard InChI is InChI=1S/C14H29N3O/c1-10(2)16-13(14(15)18)6-8-17-7-5-11(3)9-12(17)4/h10-13,16H,5-9H2,1-4H3,(H2,15,18). The van der Waals surface area contributed by atoms with Gasteiger partial charge >= 0.3 is 0 Å². The summed E-state index contributed by atoms with van der Waals surface area (Å²) in [5, 5.41) is 3.24. The number of piperidine rings is 1. The Morgan fingerprint density at radius 3 is 2.61 bits per heavy atom. The molecule has 0 aliphatic carbocycles. The maximum Gasteiger partial charge on any atom is 0.234 e. The highest BCUT2D eigenvalue weighted by atomic mass is 16.1. The molecule has 1 aliphatic heterocycles. The molecule has 0 spiro atoms. The predicted octanol–water partition coefficient (Wildman–Crippen LogP) is 1.35. The van der Waals surface area contributed by atoms with Crippen LogP contribution < -0.4 is 11.1 Å². The molecule has 0 saturated carbocycles. The summed E-state index contributed by atoms with van der Waals surface area (Å²) in [5.41, 5.74) is 5.44. The van der Waals surface area contributed by atoms with E-state index in [-0.39, 0.29) is 11.9 Å². The molecule has 1 aliphatic rings. The molecule has 3 N–H and O–H groups in total. The summed E-state index contributed by atoms with van der Waals surface area (Å²) in [6, 6.07) is 0.721. The van der Waals surface area contributed by atoms with Gasteiger partial charge in [0.05, 0.1) is 6.04 Å². The fourth-order valence-corrected chi connectivity index (χ4v) is 2.79. The highest BCUT2D eigenvalue weighted by Gasteiger charge is 2.24. The van der Waals surface area contributed by atoms with E-state index in [1.54, 1.807) is 0 Å². The first kappa shape index (κ1) is 15.4. The molecule has 1 fully saturated rings. The van der Waals surface area contributed by atoms with Crippen LogP contribution >= 0.6 is 0 Å². The van der Waals surface area contributed by atoms with Crippen LogP contribution in [-0.4, -0.2) is 42.0 Å². The highest BCUT2D eigenvalue weighted by Crippen LogP contribution is 2.22. The first-order valence-electron chi connectivity index (χ1n) is 7.19. The number of nitrogens with one attached hydrogen (secondary N) is 1. The third-order valence-corrected chi connectivity index (χ3v) is 3.86. The predicted molar refractivity (Wildman–Crippen MR) is 75.3 cm³/mol. The van der Waals surface area contributed by atoms with Gasteiger partial charge in [0, 0.05) is 18.6 Å². The van der Waals surface area contributed by atoms with Crippen molar-refractivity contribution in [2.45, 2.75) is 65.1 Å². The third kappa shape index (κ3) is 4.94. The van der Waals surface area contributed by atoms with Crippen LogP contribution in [0.2, 0.25) is 0 Å². The van der Waals surface area contributed by atoms with Gasteiger partial charge in [0.2, 0.25) is 5.91 Å². The zero-order chi connectivity index (χ0) is 13.7. The lowest BCUT2D eigenvalue weighted by atomic mass is 9.93. The fourth-order valence-electron chi connectivity index (χ4n) is 2.79. The van der Waals surface area contributed by atoms with Crippen LogP contribution in [0.5, 0.6) is 0 Å². The van der Waals surface area contributed by atoms with Gasteiger partial charge in [-0.1, -0.05) is 20.8 Å². The van der Waals surface area contributed by atoms with E-state index in [4.69, 9.17) is 5.73 Å². The summed E-state index contributed by atoms with van der Waals surface area (Å²) in [5.74, 6) is 0.596. The average Bonchev–Trinajstić information content (AvgIpc) is 2.25. The minimum absolute atomic E-state index is 0.198. The lowest BCUT2D eigenvalue weighted by Crippen LogP contribution is -2.48. The number of hydrogen-bond donors (Lipinski definition) is 2. The molecule has 0 radical (unpaired) electrons. The molecular formula is C14H29N3O. The topological polar surface area (TPSA) is 58.4 Å². The van der Waals surface area contributed by atoms with Crippen LogP contribution in [0.1, 0.15) is 47.0 Å². The van der Waals surface area contributed by atoms with Gasteiger partial charge in [-0.15, -0.1) is 0 Å². The number of nitrogens with zero attached hydrogens (tertiary/aromatic N) is 1. The number of rotatable bonds is 6. The third-order valence-electron chi connectivity index (χ3n) is 3.86. The Kier molecular flexibility index (Phi) is 6.09. The molecule has 1 saturated heterocycles. The van der Waals surface area contributed by atoms with Crippen molar-refractivity contribution in [3.8, 4) is 0 Å². The summed E-state index contributed by atoms with van der Waals surface area (Å²) in [7, 11) is 0. The Morgan fingerprint density at radius 1 is 1.44 bits per heavy atom. The van der Waals surface area contributed by atoms with Crippen molar-refractivity contribution in [3.05, 3.63) is 0 Å². The van der Waals surface area contributed by atoms with Crippen molar-refractivity contribution in [3.63, 3.8) is 0 Å². The SMILES string of the molecule is CC1CCN(CCC(NC(C)C)C(N)=O)C(C)C1. The smallest absolute Gasteiger partial charge is 0.234 e. The zero-order valence-corrected chi connectivity index (χ0v) is 12.3. The van der Waals surface area contributed by atoms with Gasteiger partial charge in [0.25, 0.3) is 0 Å². The van der Waals surface area contributed by atoms with Crippen molar-refractivity contribution < 1.29 is 4.79 Å². The molecular weight excluding hydrogens is 226 g/mol. The van der Waals surface area contributed by atoms with E-state index in [0.717, 1.165) is 25.4 Å². The molecule has 4 heteroatoms. The summed E-state index contributed by atoms with van der Waals surface area (Å²) >= 11 is 0. The molecule has 3 unspecified atom stereocenters. The van der Waals surface area contributed by atoms with E-state index >= 15 is 0 Å². The van der Waals surface area contributed by atoms with Gasteiger partial charge in [0.1, 0.15) is 0 Å². The fraction of sp³-hybridized carbons (Fsp3) is 0.929. The van der Waals surface area contributed by atoms with E-state index < -0.39 is 0 Å². The zero-order valence-electron chi connectivity index (χ0n) is 12.3. The Hall–Kier alpha value is -0.610. The minimum Gasteiger partial charge on any atom is -0.368 e. The summed E-state index contributed by atoms with van der Waals surface area (Å²) in [6.45, 7) is 10.8. The average molecular weight is 255 g/mol. The van der Waals surface area contributed by atoms with Crippen molar-refractivity contribution in [2.75, 3.05) is 13.1 Å². The van der Waals surface area contributed by atoms with Crippen LogP contribution in [0.25, 0.3) is 0 Å². The highest BCUT2D eigenvalue weighted by molar-refractivity contribution is 5.79.